The Labute approximate surface area is 248 Å². The van der Waals surface area contributed by atoms with Gasteiger partial charge in [0.1, 0.15) is 35.3 Å². The summed E-state index contributed by atoms with van der Waals surface area (Å²) in [6, 6.07) is 12.5. The first-order chi connectivity index (χ1) is 20.3. The van der Waals surface area contributed by atoms with E-state index in [1.165, 1.54) is 11.0 Å². The third-order valence-electron chi connectivity index (χ3n) is 6.41. The van der Waals surface area contributed by atoms with Gasteiger partial charge in [-0.15, -0.1) is 0 Å². The van der Waals surface area contributed by atoms with Crippen molar-refractivity contribution in [1.82, 2.24) is 4.98 Å². The van der Waals surface area contributed by atoms with Crippen LogP contribution in [0.4, 0.5) is 5.13 Å². The third kappa shape index (κ3) is 6.44. The first-order valence-corrected chi connectivity index (χ1v) is 14.3. The number of Topliss-reactive ketones (excluding diaryl/α,β-unsaturated/α-hetero) is 1. The van der Waals surface area contributed by atoms with Gasteiger partial charge in [0.2, 0.25) is 0 Å². The maximum absolute atomic E-state index is 13.5. The van der Waals surface area contributed by atoms with Gasteiger partial charge >= 0.3 is 11.9 Å². The van der Waals surface area contributed by atoms with Gasteiger partial charge in [-0.05, 0) is 55.3 Å². The Hall–Kier alpha value is -4.70. The number of aliphatic hydroxyl groups excluding tert-OH is 1. The van der Waals surface area contributed by atoms with Crippen LogP contribution in [0.1, 0.15) is 52.3 Å². The Morgan fingerprint density at radius 2 is 1.67 bits per heavy atom. The number of nitrogens with zero attached hydrogens (tertiary/aromatic N) is 2. The number of amides is 1. The fourth-order valence-electron chi connectivity index (χ4n) is 4.32. The number of aryl methyl sites for hydroxylation is 1. The van der Waals surface area contributed by atoms with Gasteiger partial charge in [0.15, 0.2) is 5.13 Å². The Kier molecular flexibility index (Phi) is 9.93. The molecule has 3 aromatic rings. The number of benzene rings is 2. The molecule has 42 heavy (non-hydrogen) atoms. The zero-order valence-electron chi connectivity index (χ0n) is 23.5. The van der Waals surface area contributed by atoms with Crippen molar-refractivity contribution in [2.45, 2.75) is 32.7 Å². The highest BCUT2D eigenvalue weighted by atomic mass is 32.1. The molecule has 2 heterocycles. The van der Waals surface area contributed by atoms with E-state index in [1.54, 1.807) is 61.5 Å². The summed E-state index contributed by atoms with van der Waals surface area (Å²) in [7, 11) is 0. The van der Waals surface area contributed by atoms with E-state index in [1.807, 2.05) is 0 Å². The average molecular weight is 589 g/mol. The number of carbonyl (C=O) groups excluding carboxylic acids is 3. The number of hydrogen-bond acceptors (Lipinski definition) is 9. The second kappa shape index (κ2) is 13.8. The molecular weight excluding hydrogens is 556 g/mol. The Bertz CT molecular complexity index is 1510. The summed E-state index contributed by atoms with van der Waals surface area (Å²) >= 11 is 0.931. The maximum atomic E-state index is 13.5. The molecule has 10 heteroatoms. The van der Waals surface area contributed by atoms with Crippen LogP contribution in [0.15, 0.2) is 79.4 Å². The lowest BCUT2D eigenvalue weighted by Crippen LogP contribution is -2.29. The summed E-state index contributed by atoms with van der Waals surface area (Å²) in [5, 5.41) is 11.5. The van der Waals surface area contributed by atoms with Crippen LogP contribution in [-0.4, -0.2) is 47.6 Å². The highest BCUT2D eigenvalue weighted by molar-refractivity contribution is 7.17. The SMILES string of the molecule is C=CCOC(=O)c1sc(N2C(=O)C(=O)C(=C(O)c3ccc(OCCCC)cc3)[C@H]2c2ccc(OCC=C)cc2)nc1C. The van der Waals surface area contributed by atoms with E-state index < -0.39 is 23.7 Å². The lowest BCUT2D eigenvalue weighted by molar-refractivity contribution is -0.132. The fraction of sp³-hybridized carbons (Fsp3) is 0.250. The quantitative estimate of drug-likeness (QED) is 0.0630. The maximum Gasteiger partial charge on any atom is 0.350 e. The number of rotatable bonds is 13. The number of carbonyl (C=O) groups is 3. The molecule has 0 aliphatic carbocycles. The van der Waals surface area contributed by atoms with Crippen molar-refractivity contribution in [3.05, 3.63) is 101 Å². The van der Waals surface area contributed by atoms with Gasteiger partial charge in [-0.25, -0.2) is 9.78 Å². The lowest BCUT2D eigenvalue weighted by atomic mass is 9.95. The number of esters is 1. The number of ether oxygens (including phenoxy) is 3. The van der Waals surface area contributed by atoms with Gasteiger partial charge in [-0.1, -0.05) is 62.1 Å². The predicted octanol–water partition coefficient (Wildman–Crippen LogP) is 6.16. The van der Waals surface area contributed by atoms with Crippen LogP contribution in [-0.2, 0) is 14.3 Å². The van der Waals surface area contributed by atoms with Gasteiger partial charge in [0.25, 0.3) is 5.78 Å². The number of ketones is 1. The van der Waals surface area contributed by atoms with Crippen molar-refractivity contribution in [2.75, 3.05) is 24.7 Å². The fourth-order valence-corrected chi connectivity index (χ4v) is 5.31. The molecule has 1 N–H and O–H groups in total. The molecule has 1 aliphatic rings. The van der Waals surface area contributed by atoms with Crippen molar-refractivity contribution in [1.29, 1.82) is 0 Å². The Balaban J connectivity index is 1.79. The second-order valence-electron chi connectivity index (χ2n) is 9.36. The summed E-state index contributed by atoms with van der Waals surface area (Å²) in [5.41, 5.74) is 1.11. The van der Waals surface area contributed by atoms with Crippen LogP contribution < -0.4 is 14.4 Å². The molecular formula is C32H32N2O7S. The predicted molar refractivity (Wildman–Crippen MR) is 161 cm³/mol. The monoisotopic (exact) mass is 588 g/mol. The number of aromatic nitrogens is 1. The minimum absolute atomic E-state index is 0.0126. The van der Waals surface area contributed by atoms with Gasteiger partial charge in [0.05, 0.1) is 23.9 Å². The smallest absolute Gasteiger partial charge is 0.350 e. The minimum atomic E-state index is -1.03. The molecule has 1 aliphatic heterocycles. The molecule has 1 fully saturated rings. The van der Waals surface area contributed by atoms with Crippen LogP contribution >= 0.6 is 11.3 Å². The molecule has 2 aromatic carbocycles. The molecule has 1 atom stereocenters. The largest absolute Gasteiger partial charge is 0.507 e. The normalized spacial score (nSPS) is 15.9. The van der Waals surface area contributed by atoms with E-state index in [2.05, 4.69) is 25.1 Å². The summed E-state index contributed by atoms with van der Waals surface area (Å²) in [6.45, 7) is 11.8. The number of unbranched alkanes of at least 4 members (excludes halogenated alkanes) is 1. The lowest BCUT2D eigenvalue weighted by Gasteiger charge is -2.23. The van der Waals surface area contributed by atoms with E-state index in [4.69, 9.17) is 14.2 Å². The van der Waals surface area contributed by atoms with Gasteiger partial charge in [0, 0.05) is 5.56 Å². The van der Waals surface area contributed by atoms with Crippen LogP contribution in [0.3, 0.4) is 0 Å². The van der Waals surface area contributed by atoms with E-state index in [9.17, 15) is 19.5 Å². The zero-order valence-corrected chi connectivity index (χ0v) is 24.3. The van der Waals surface area contributed by atoms with Crippen molar-refractivity contribution in [2.24, 2.45) is 0 Å². The number of hydrogen-bond donors (Lipinski definition) is 1. The molecule has 0 bridgehead atoms. The molecule has 0 spiro atoms. The van der Waals surface area contributed by atoms with Crippen LogP contribution in [0, 0.1) is 6.92 Å². The van der Waals surface area contributed by atoms with Crippen molar-refractivity contribution >= 4 is 39.9 Å². The van der Waals surface area contributed by atoms with Gasteiger partial charge < -0.3 is 19.3 Å². The van der Waals surface area contributed by atoms with Crippen molar-refractivity contribution < 1.29 is 33.7 Å². The molecule has 1 aromatic heterocycles. The van der Waals surface area contributed by atoms with Crippen LogP contribution in [0.5, 0.6) is 11.5 Å². The highest BCUT2D eigenvalue weighted by Gasteiger charge is 2.48. The second-order valence-corrected chi connectivity index (χ2v) is 10.3. The molecule has 4 rings (SSSR count). The zero-order chi connectivity index (χ0) is 30.2. The summed E-state index contributed by atoms with van der Waals surface area (Å²) in [6.07, 6.45) is 4.97. The molecule has 1 saturated heterocycles. The van der Waals surface area contributed by atoms with E-state index in [0.717, 1.165) is 24.2 Å². The van der Waals surface area contributed by atoms with Crippen LogP contribution in [0.2, 0.25) is 0 Å². The van der Waals surface area contributed by atoms with E-state index in [0.29, 0.717) is 41.5 Å². The van der Waals surface area contributed by atoms with Crippen LogP contribution in [0.25, 0.3) is 5.76 Å². The van der Waals surface area contributed by atoms with E-state index in [-0.39, 0.29) is 27.9 Å². The highest BCUT2D eigenvalue weighted by Crippen LogP contribution is 2.44. The molecule has 0 saturated carbocycles. The minimum Gasteiger partial charge on any atom is -0.507 e. The number of thiazole rings is 1. The van der Waals surface area contributed by atoms with Gasteiger partial charge in [-0.3, -0.25) is 14.5 Å². The summed E-state index contributed by atoms with van der Waals surface area (Å²) in [5.74, 6) is -1.53. The first kappa shape index (κ1) is 30.3. The third-order valence-corrected chi connectivity index (χ3v) is 7.55. The van der Waals surface area contributed by atoms with Gasteiger partial charge in [-0.2, -0.15) is 0 Å². The molecule has 0 unspecified atom stereocenters. The topological polar surface area (TPSA) is 115 Å². The van der Waals surface area contributed by atoms with E-state index >= 15 is 0 Å². The molecule has 218 valence electrons. The Morgan fingerprint density at radius 3 is 2.31 bits per heavy atom. The van der Waals surface area contributed by atoms with Crippen molar-refractivity contribution in [3.8, 4) is 11.5 Å². The molecule has 9 nitrogen and oxygen atoms in total. The number of aliphatic hydroxyl groups is 1. The molecule has 1 amide bonds. The standard InChI is InChI=1S/C32H32N2O7S/c1-5-8-19-40-24-15-11-22(12-16-24)27(35)25-26(21-9-13-23(14-10-21)39-17-6-2)34(30(37)28(25)36)32-33-20(4)29(42-32)31(38)41-18-7-3/h6-7,9-16,26,35H,2-3,5,8,17-19H2,1,4H3/t26-/m1/s1. The Morgan fingerprint density at radius 1 is 1.02 bits per heavy atom. The first-order valence-electron chi connectivity index (χ1n) is 13.4. The summed E-state index contributed by atoms with van der Waals surface area (Å²) in [4.78, 5) is 45.5. The average Bonchev–Trinajstić information content (AvgIpc) is 3.51. The van der Waals surface area contributed by atoms with Crippen molar-refractivity contribution in [3.63, 3.8) is 0 Å². The summed E-state index contributed by atoms with van der Waals surface area (Å²) < 4.78 is 16.5. The number of anilines is 1. The molecule has 0 radical (unpaired) electrons.